The van der Waals surface area contributed by atoms with E-state index in [4.69, 9.17) is 4.74 Å². The van der Waals surface area contributed by atoms with Gasteiger partial charge in [0.2, 0.25) is 0 Å². The van der Waals surface area contributed by atoms with E-state index in [1.165, 1.54) is 6.92 Å². The van der Waals surface area contributed by atoms with Crippen LogP contribution in [0, 0.1) is 0 Å². The highest BCUT2D eigenvalue weighted by atomic mass is 16.6. The number of carbonyl (C=O) groups is 1. The number of carbonyl (C=O) groups excluding carboxylic acids is 1. The lowest BCUT2D eigenvalue weighted by Crippen LogP contribution is -2.30. The Morgan fingerprint density at radius 3 is 2.56 bits per heavy atom. The van der Waals surface area contributed by atoms with Gasteiger partial charge in [0.1, 0.15) is 6.10 Å². The molecule has 0 aliphatic carbocycles. The topological polar surface area (TPSA) is 46.5 Å². The molecule has 0 bridgehead atoms. The smallest absolute Gasteiger partial charge is 0.302 e. The van der Waals surface area contributed by atoms with Crippen molar-refractivity contribution in [2.24, 2.45) is 0 Å². The number of esters is 1. The molecule has 0 aromatic rings. The van der Waals surface area contributed by atoms with Gasteiger partial charge in [0, 0.05) is 6.92 Å². The fraction of sp³-hybridized carbons (Fsp3) is 0.800. The Morgan fingerprint density at radius 2 is 2.00 bits per heavy atom. The Labute approximate surface area is 111 Å². The first-order valence-corrected chi connectivity index (χ1v) is 7.08. The molecule has 0 aromatic heterocycles. The highest BCUT2D eigenvalue weighted by Crippen LogP contribution is 2.15. The van der Waals surface area contributed by atoms with E-state index in [0.29, 0.717) is 6.42 Å². The standard InChI is InChI=1S/C15H28O3/c1-4-6-8-10-11-14(17)15(18-13(3)16)12-9-7-5-2/h4,6,14-15,17H,5,7-12H2,1-3H3/b6-4+. The third-order valence-electron chi connectivity index (χ3n) is 2.95. The number of hydrogen-bond acceptors (Lipinski definition) is 3. The van der Waals surface area contributed by atoms with Crippen LogP contribution in [0.5, 0.6) is 0 Å². The number of allylic oxidation sites excluding steroid dienone is 2. The molecule has 18 heavy (non-hydrogen) atoms. The van der Waals surface area contributed by atoms with Crippen molar-refractivity contribution < 1.29 is 14.6 Å². The Kier molecular flexibility index (Phi) is 10.8. The number of aliphatic hydroxyl groups is 1. The number of hydrogen-bond donors (Lipinski definition) is 1. The van der Waals surface area contributed by atoms with Crippen LogP contribution < -0.4 is 0 Å². The summed E-state index contributed by atoms with van der Waals surface area (Å²) < 4.78 is 5.21. The molecule has 0 radical (unpaired) electrons. The number of aliphatic hydroxyl groups excluding tert-OH is 1. The third kappa shape index (κ3) is 9.23. The molecule has 0 aliphatic heterocycles. The molecular weight excluding hydrogens is 228 g/mol. The van der Waals surface area contributed by atoms with E-state index in [-0.39, 0.29) is 12.1 Å². The summed E-state index contributed by atoms with van der Waals surface area (Å²) in [5.41, 5.74) is 0. The zero-order valence-electron chi connectivity index (χ0n) is 12.0. The van der Waals surface area contributed by atoms with E-state index in [0.717, 1.165) is 38.5 Å². The maximum atomic E-state index is 11.0. The second-order valence-electron chi connectivity index (χ2n) is 4.71. The minimum atomic E-state index is -0.531. The van der Waals surface area contributed by atoms with Gasteiger partial charge in [0.25, 0.3) is 0 Å². The van der Waals surface area contributed by atoms with Crippen LogP contribution in [0.4, 0.5) is 0 Å². The summed E-state index contributed by atoms with van der Waals surface area (Å²) >= 11 is 0. The summed E-state index contributed by atoms with van der Waals surface area (Å²) in [5.74, 6) is -0.302. The van der Waals surface area contributed by atoms with Gasteiger partial charge < -0.3 is 9.84 Å². The van der Waals surface area contributed by atoms with E-state index >= 15 is 0 Å². The van der Waals surface area contributed by atoms with Gasteiger partial charge in [0.05, 0.1) is 6.10 Å². The van der Waals surface area contributed by atoms with Crippen molar-refractivity contribution in [2.45, 2.75) is 77.9 Å². The van der Waals surface area contributed by atoms with Crippen LogP contribution in [0.1, 0.15) is 65.7 Å². The maximum absolute atomic E-state index is 11.0. The summed E-state index contributed by atoms with van der Waals surface area (Å²) in [6.45, 7) is 5.52. The lowest BCUT2D eigenvalue weighted by Gasteiger charge is -2.22. The largest absolute Gasteiger partial charge is 0.460 e. The van der Waals surface area contributed by atoms with Crippen LogP contribution in [-0.4, -0.2) is 23.3 Å². The van der Waals surface area contributed by atoms with Crippen molar-refractivity contribution in [2.75, 3.05) is 0 Å². The molecule has 0 rings (SSSR count). The van der Waals surface area contributed by atoms with E-state index in [1.54, 1.807) is 0 Å². The van der Waals surface area contributed by atoms with Gasteiger partial charge in [-0.2, -0.15) is 0 Å². The first-order chi connectivity index (χ1) is 8.61. The molecule has 0 fully saturated rings. The van der Waals surface area contributed by atoms with Gasteiger partial charge in [-0.25, -0.2) is 0 Å². The monoisotopic (exact) mass is 256 g/mol. The molecule has 0 aliphatic rings. The first kappa shape index (κ1) is 17.2. The van der Waals surface area contributed by atoms with E-state index < -0.39 is 6.10 Å². The van der Waals surface area contributed by atoms with Crippen LogP contribution in [0.15, 0.2) is 12.2 Å². The molecule has 2 atom stereocenters. The molecule has 0 amide bonds. The fourth-order valence-corrected chi connectivity index (χ4v) is 1.94. The molecule has 1 N–H and O–H groups in total. The van der Waals surface area contributed by atoms with Crippen LogP contribution in [0.3, 0.4) is 0 Å². The Hall–Kier alpha value is -0.830. The molecule has 106 valence electrons. The molecule has 0 saturated heterocycles. The van der Waals surface area contributed by atoms with Crippen molar-refractivity contribution >= 4 is 5.97 Å². The normalized spacial score (nSPS) is 14.7. The van der Waals surface area contributed by atoms with Gasteiger partial charge >= 0.3 is 5.97 Å². The number of unbranched alkanes of at least 4 members (excludes halogenated alkanes) is 3. The molecule has 2 unspecified atom stereocenters. The van der Waals surface area contributed by atoms with Crippen molar-refractivity contribution in [1.82, 2.24) is 0 Å². The SMILES string of the molecule is C/C=C/CCCC(O)C(CCCCC)OC(C)=O. The van der Waals surface area contributed by atoms with Crippen molar-refractivity contribution in [3.05, 3.63) is 12.2 Å². The van der Waals surface area contributed by atoms with Crippen LogP contribution >= 0.6 is 0 Å². The van der Waals surface area contributed by atoms with Crippen molar-refractivity contribution in [1.29, 1.82) is 0 Å². The van der Waals surface area contributed by atoms with E-state index in [2.05, 4.69) is 13.0 Å². The zero-order chi connectivity index (χ0) is 13.8. The minimum absolute atomic E-state index is 0.302. The number of ether oxygens (including phenoxy) is 1. The van der Waals surface area contributed by atoms with Gasteiger partial charge in [-0.15, -0.1) is 0 Å². The summed E-state index contributed by atoms with van der Waals surface area (Å²) in [5, 5.41) is 10.1. The van der Waals surface area contributed by atoms with Gasteiger partial charge in [0.15, 0.2) is 0 Å². The highest BCUT2D eigenvalue weighted by Gasteiger charge is 2.21. The third-order valence-corrected chi connectivity index (χ3v) is 2.95. The Morgan fingerprint density at radius 1 is 1.28 bits per heavy atom. The summed E-state index contributed by atoms with van der Waals surface area (Å²) in [7, 11) is 0. The predicted molar refractivity (Wildman–Crippen MR) is 74.4 cm³/mol. The van der Waals surface area contributed by atoms with E-state index in [9.17, 15) is 9.90 Å². The molecule has 3 nitrogen and oxygen atoms in total. The lowest BCUT2D eigenvalue weighted by atomic mass is 10.0. The highest BCUT2D eigenvalue weighted by molar-refractivity contribution is 5.66. The molecule has 0 saturated carbocycles. The second-order valence-corrected chi connectivity index (χ2v) is 4.71. The maximum Gasteiger partial charge on any atom is 0.302 e. The Balaban J connectivity index is 4.04. The zero-order valence-corrected chi connectivity index (χ0v) is 12.0. The van der Waals surface area contributed by atoms with Crippen molar-refractivity contribution in [3.63, 3.8) is 0 Å². The minimum Gasteiger partial charge on any atom is -0.460 e. The molecular formula is C15H28O3. The average molecular weight is 256 g/mol. The first-order valence-electron chi connectivity index (χ1n) is 7.08. The molecule has 3 heteroatoms. The van der Waals surface area contributed by atoms with Gasteiger partial charge in [-0.05, 0) is 39.0 Å². The summed E-state index contributed by atoms with van der Waals surface area (Å²) in [6, 6.07) is 0. The molecule has 0 heterocycles. The fourth-order valence-electron chi connectivity index (χ4n) is 1.94. The van der Waals surface area contributed by atoms with Crippen LogP contribution in [0.25, 0.3) is 0 Å². The van der Waals surface area contributed by atoms with E-state index in [1.807, 2.05) is 13.0 Å². The lowest BCUT2D eigenvalue weighted by molar-refractivity contribution is -0.153. The second kappa shape index (κ2) is 11.3. The van der Waals surface area contributed by atoms with Gasteiger partial charge in [-0.1, -0.05) is 31.9 Å². The van der Waals surface area contributed by atoms with Gasteiger partial charge in [-0.3, -0.25) is 4.79 Å². The molecule has 0 spiro atoms. The van der Waals surface area contributed by atoms with Crippen molar-refractivity contribution in [3.8, 4) is 0 Å². The molecule has 0 aromatic carbocycles. The summed E-state index contributed by atoms with van der Waals surface area (Å²) in [6.07, 6.45) is 9.82. The van der Waals surface area contributed by atoms with Crippen LogP contribution in [-0.2, 0) is 9.53 Å². The summed E-state index contributed by atoms with van der Waals surface area (Å²) in [4.78, 5) is 11.0. The predicted octanol–water partition coefficient (Wildman–Crippen LogP) is 3.61. The average Bonchev–Trinajstić information content (AvgIpc) is 2.33. The number of rotatable bonds is 10. The van der Waals surface area contributed by atoms with Crippen LogP contribution in [0.2, 0.25) is 0 Å². The quantitative estimate of drug-likeness (QED) is 0.369. The Bertz CT molecular complexity index is 236.